The molecule has 4 heteroatoms. The van der Waals surface area contributed by atoms with E-state index in [2.05, 4.69) is 5.32 Å². The first kappa shape index (κ1) is 12.6. The van der Waals surface area contributed by atoms with Gasteiger partial charge in [0.1, 0.15) is 5.82 Å². The predicted octanol–water partition coefficient (Wildman–Crippen LogP) is 1.96. The Labute approximate surface area is 112 Å². The number of benzene rings is 1. The quantitative estimate of drug-likeness (QED) is 0.839. The standard InChI is InChI=1S/C15H19FN2O/c1-10-7-12(16)4-5-13(10)15(19)18-6-2-3-11-8-17-9-14(11)18/h4-5,7,11,14,17H,2-3,6,8-9H2,1H3. The van der Waals surface area contributed by atoms with Crippen LogP contribution in [0.4, 0.5) is 4.39 Å². The Morgan fingerprint density at radius 2 is 2.26 bits per heavy atom. The van der Waals surface area contributed by atoms with Gasteiger partial charge < -0.3 is 10.2 Å². The second-order valence-corrected chi connectivity index (χ2v) is 5.59. The van der Waals surface area contributed by atoms with Gasteiger partial charge in [0.15, 0.2) is 0 Å². The van der Waals surface area contributed by atoms with Gasteiger partial charge in [-0.05, 0) is 49.4 Å². The van der Waals surface area contributed by atoms with Crippen LogP contribution in [0.1, 0.15) is 28.8 Å². The molecule has 0 radical (unpaired) electrons. The summed E-state index contributed by atoms with van der Waals surface area (Å²) in [6.07, 6.45) is 2.26. The second kappa shape index (κ2) is 4.93. The smallest absolute Gasteiger partial charge is 0.254 e. The van der Waals surface area contributed by atoms with Gasteiger partial charge in [-0.3, -0.25) is 4.79 Å². The SMILES string of the molecule is Cc1cc(F)ccc1C(=O)N1CCCC2CNCC21. The van der Waals surface area contributed by atoms with Crippen molar-refractivity contribution in [2.75, 3.05) is 19.6 Å². The first-order valence-corrected chi connectivity index (χ1v) is 6.94. The molecule has 102 valence electrons. The maximum atomic E-state index is 13.1. The number of likely N-dealkylation sites (tertiary alicyclic amines) is 1. The number of hydrogen-bond donors (Lipinski definition) is 1. The molecule has 0 spiro atoms. The summed E-state index contributed by atoms with van der Waals surface area (Å²) in [5, 5.41) is 3.37. The van der Waals surface area contributed by atoms with Crippen LogP contribution in [-0.2, 0) is 0 Å². The normalized spacial score (nSPS) is 26.3. The van der Waals surface area contributed by atoms with Crippen molar-refractivity contribution in [1.29, 1.82) is 0 Å². The molecule has 0 aliphatic carbocycles. The molecule has 3 nitrogen and oxygen atoms in total. The Morgan fingerprint density at radius 3 is 3.05 bits per heavy atom. The minimum absolute atomic E-state index is 0.0518. The third kappa shape index (κ3) is 2.25. The second-order valence-electron chi connectivity index (χ2n) is 5.59. The summed E-state index contributed by atoms with van der Waals surface area (Å²) in [6, 6.07) is 4.72. The molecule has 2 fully saturated rings. The Bertz CT molecular complexity index is 503. The average Bonchev–Trinajstić information content (AvgIpc) is 2.86. The number of halogens is 1. The van der Waals surface area contributed by atoms with Crippen LogP contribution in [0.5, 0.6) is 0 Å². The monoisotopic (exact) mass is 262 g/mol. The van der Waals surface area contributed by atoms with E-state index >= 15 is 0 Å². The number of rotatable bonds is 1. The molecule has 2 unspecified atom stereocenters. The third-order valence-corrected chi connectivity index (χ3v) is 4.36. The van der Waals surface area contributed by atoms with Crippen LogP contribution < -0.4 is 5.32 Å². The van der Waals surface area contributed by atoms with Gasteiger partial charge in [0, 0.05) is 31.2 Å². The number of carbonyl (C=O) groups excluding carboxylic acids is 1. The Morgan fingerprint density at radius 1 is 1.42 bits per heavy atom. The fourth-order valence-electron chi connectivity index (χ4n) is 3.34. The van der Waals surface area contributed by atoms with Crippen LogP contribution in [0.2, 0.25) is 0 Å². The highest BCUT2D eigenvalue weighted by molar-refractivity contribution is 5.96. The number of carbonyl (C=O) groups is 1. The first-order valence-electron chi connectivity index (χ1n) is 6.94. The molecule has 1 aromatic carbocycles. The lowest BCUT2D eigenvalue weighted by atomic mass is 9.91. The molecular weight excluding hydrogens is 243 g/mol. The highest BCUT2D eigenvalue weighted by atomic mass is 19.1. The zero-order valence-corrected chi connectivity index (χ0v) is 11.2. The van der Waals surface area contributed by atoms with Gasteiger partial charge in [0.2, 0.25) is 0 Å². The number of hydrogen-bond acceptors (Lipinski definition) is 2. The van der Waals surface area contributed by atoms with E-state index < -0.39 is 0 Å². The molecule has 3 rings (SSSR count). The number of nitrogens with one attached hydrogen (secondary N) is 1. The summed E-state index contributed by atoms with van der Waals surface area (Å²) >= 11 is 0. The largest absolute Gasteiger partial charge is 0.334 e. The highest BCUT2D eigenvalue weighted by Gasteiger charge is 2.37. The van der Waals surface area contributed by atoms with Crippen LogP contribution >= 0.6 is 0 Å². The minimum atomic E-state index is -0.284. The van der Waals surface area contributed by atoms with E-state index in [1.165, 1.54) is 18.6 Å². The number of fused-ring (bicyclic) bond motifs is 1. The van der Waals surface area contributed by atoms with Gasteiger partial charge in [-0.1, -0.05) is 0 Å². The Kier molecular flexibility index (Phi) is 3.27. The van der Waals surface area contributed by atoms with Crippen molar-refractivity contribution in [2.45, 2.75) is 25.8 Å². The van der Waals surface area contributed by atoms with Gasteiger partial charge in [0.05, 0.1) is 0 Å². The van der Waals surface area contributed by atoms with Gasteiger partial charge >= 0.3 is 0 Å². The van der Waals surface area contributed by atoms with E-state index in [-0.39, 0.29) is 11.7 Å². The molecule has 2 atom stereocenters. The maximum absolute atomic E-state index is 13.1. The maximum Gasteiger partial charge on any atom is 0.254 e. The van der Waals surface area contributed by atoms with E-state index in [9.17, 15) is 9.18 Å². The van der Waals surface area contributed by atoms with Crippen molar-refractivity contribution in [3.05, 3.63) is 35.1 Å². The molecule has 0 aromatic heterocycles. The van der Waals surface area contributed by atoms with Crippen LogP contribution in [0, 0.1) is 18.7 Å². The first-order chi connectivity index (χ1) is 9.16. The molecule has 2 saturated heterocycles. The molecule has 2 aliphatic heterocycles. The summed E-state index contributed by atoms with van der Waals surface area (Å²) in [5.41, 5.74) is 1.35. The fourth-order valence-corrected chi connectivity index (χ4v) is 3.34. The summed E-state index contributed by atoms with van der Waals surface area (Å²) in [4.78, 5) is 14.6. The number of nitrogens with zero attached hydrogens (tertiary/aromatic N) is 1. The zero-order valence-electron chi connectivity index (χ0n) is 11.2. The topological polar surface area (TPSA) is 32.3 Å². The summed E-state index contributed by atoms with van der Waals surface area (Å²) in [7, 11) is 0. The Balaban J connectivity index is 1.86. The lowest BCUT2D eigenvalue weighted by Crippen LogP contribution is -2.48. The van der Waals surface area contributed by atoms with E-state index in [4.69, 9.17) is 0 Å². The molecule has 1 N–H and O–H groups in total. The molecule has 2 aliphatic rings. The van der Waals surface area contributed by atoms with E-state index in [0.29, 0.717) is 17.5 Å². The van der Waals surface area contributed by atoms with E-state index in [1.807, 2.05) is 4.90 Å². The van der Waals surface area contributed by atoms with Crippen LogP contribution in [0.15, 0.2) is 18.2 Å². The van der Waals surface area contributed by atoms with Gasteiger partial charge in [0.25, 0.3) is 5.91 Å². The Hall–Kier alpha value is -1.42. The summed E-state index contributed by atoms with van der Waals surface area (Å²) in [6.45, 7) is 4.51. The molecule has 0 bridgehead atoms. The minimum Gasteiger partial charge on any atom is -0.334 e. The molecule has 1 amide bonds. The number of amides is 1. The fraction of sp³-hybridized carbons (Fsp3) is 0.533. The predicted molar refractivity (Wildman–Crippen MR) is 71.6 cm³/mol. The van der Waals surface area contributed by atoms with E-state index in [0.717, 1.165) is 31.6 Å². The van der Waals surface area contributed by atoms with Crippen molar-refractivity contribution >= 4 is 5.91 Å². The summed E-state index contributed by atoms with van der Waals surface area (Å²) < 4.78 is 13.1. The highest BCUT2D eigenvalue weighted by Crippen LogP contribution is 2.28. The average molecular weight is 262 g/mol. The van der Waals surface area contributed by atoms with Crippen LogP contribution in [0.3, 0.4) is 0 Å². The number of aryl methyl sites for hydroxylation is 1. The van der Waals surface area contributed by atoms with Crippen molar-refractivity contribution < 1.29 is 9.18 Å². The van der Waals surface area contributed by atoms with Crippen molar-refractivity contribution in [1.82, 2.24) is 10.2 Å². The molecule has 2 heterocycles. The van der Waals surface area contributed by atoms with Crippen molar-refractivity contribution in [2.24, 2.45) is 5.92 Å². The molecule has 1 aromatic rings. The van der Waals surface area contributed by atoms with Gasteiger partial charge in [-0.15, -0.1) is 0 Å². The van der Waals surface area contributed by atoms with Crippen LogP contribution in [-0.4, -0.2) is 36.5 Å². The van der Waals surface area contributed by atoms with Crippen LogP contribution in [0.25, 0.3) is 0 Å². The zero-order chi connectivity index (χ0) is 13.4. The molecular formula is C15H19FN2O. The van der Waals surface area contributed by atoms with Crippen molar-refractivity contribution in [3.8, 4) is 0 Å². The molecule has 0 saturated carbocycles. The molecule has 19 heavy (non-hydrogen) atoms. The summed E-state index contributed by atoms with van der Waals surface area (Å²) in [5.74, 6) is 0.349. The van der Waals surface area contributed by atoms with Crippen molar-refractivity contribution in [3.63, 3.8) is 0 Å². The number of piperidine rings is 1. The lowest BCUT2D eigenvalue weighted by molar-refractivity contribution is 0.0574. The third-order valence-electron chi connectivity index (χ3n) is 4.36. The van der Waals surface area contributed by atoms with Gasteiger partial charge in [-0.2, -0.15) is 0 Å². The van der Waals surface area contributed by atoms with E-state index in [1.54, 1.807) is 13.0 Å². The lowest BCUT2D eigenvalue weighted by Gasteiger charge is -2.37. The van der Waals surface area contributed by atoms with Gasteiger partial charge in [-0.25, -0.2) is 4.39 Å².